The standard InChI is InChI=1S/C14H17N3O2S2/c1-9(12(18)17-14-15-5-7-21-14)8-10(2)16-13(19)11-4-3-6-20-11/h3-7,9-10H,8H2,1-2H3,(H,16,19)(H,15,17,18)/t9-,10-/m0/s1. The topological polar surface area (TPSA) is 71.1 Å². The molecule has 0 aliphatic heterocycles. The van der Waals surface area contributed by atoms with Gasteiger partial charge in [0.05, 0.1) is 4.88 Å². The van der Waals surface area contributed by atoms with Gasteiger partial charge in [-0.2, -0.15) is 0 Å². The lowest BCUT2D eigenvalue weighted by Crippen LogP contribution is -2.35. The van der Waals surface area contributed by atoms with Gasteiger partial charge in [0.1, 0.15) is 0 Å². The second-order valence-corrected chi connectivity index (χ2v) is 6.66. The maximum absolute atomic E-state index is 12.0. The first-order chi connectivity index (χ1) is 10.1. The summed E-state index contributed by atoms with van der Waals surface area (Å²) in [5.74, 6) is -0.375. The number of rotatable bonds is 6. The SMILES string of the molecule is C[C@@H](C[C@H](C)C(=O)Nc1nccs1)NC(=O)c1cccs1. The van der Waals surface area contributed by atoms with Gasteiger partial charge in [-0.15, -0.1) is 22.7 Å². The smallest absolute Gasteiger partial charge is 0.261 e. The number of carbonyl (C=O) groups is 2. The molecule has 2 heterocycles. The number of nitrogens with zero attached hydrogens (tertiary/aromatic N) is 1. The first-order valence-electron chi connectivity index (χ1n) is 6.61. The molecular formula is C14H17N3O2S2. The molecule has 0 aliphatic carbocycles. The predicted molar refractivity (Wildman–Crippen MR) is 85.8 cm³/mol. The second kappa shape index (κ2) is 7.33. The largest absolute Gasteiger partial charge is 0.349 e. The van der Waals surface area contributed by atoms with E-state index in [4.69, 9.17) is 0 Å². The fourth-order valence-corrected chi connectivity index (χ4v) is 3.07. The van der Waals surface area contributed by atoms with Crippen molar-refractivity contribution in [2.45, 2.75) is 26.3 Å². The second-order valence-electron chi connectivity index (χ2n) is 4.82. The molecule has 5 nitrogen and oxygen atoms in total. The number of nitrogens with one attached hydrogen (secondary N) is 2. The molecule has 2 N–H and O–H groups in total. The molecule has 0 spiro atoms. The van der Waals surface area contributed by atoms with E-state index in [1.165, 1.54) is 22.7 Å². The molecule has 0 bridgehead atoms. The van der Waals surface area contributed by atoms with Crippen LogP contribution in [-0.4, -0.2) is 22.8 Å². The lowest BCUT2D eigenvalue weighted by atomic mass is 10.0. The average molecular weight is 323 g/mol. The summed E-state index contributed by atoms with van der Waals surface area (Å²) in [6.45, 7) is 3.75. The van der Waals surface area contributed by atoms with Gasteiger partial charge in [-0.1, -0.05) is 13.0 Å². The number of thiophene rings is 1. The van der Waals surface area contributed by atoms with Crippen molar-refractivity contribution in [3.05, 3.63) is 34.0 Å². The zero-order valence-electron chi connectivity index (χ0n) is 11.8. The highest BCUT2D eigenvalue weighted by molar-refractivity contribution is 7.13. The van der Waals surface area contributed by atoms with Crippen LogP contribution in [0.4, 0.5) is 5.13 Å². The van der Waals surface area contributed by atoms with Gasteiger partial charge in [0, 0.05) is 23.5 Å². The Bertz CT molecular complexity index is 581. The molecule has 0 radical (unpaired) electrons. The van der Waals surface area contributed by atoms with Gasteiger partial charge >= 0.3 is 0 Å². The van der Waals surface area contributed by atoms with Crippen molar-refractivity contribution in [2.75, 3.05) is 5.32 Å². The Morgan fingerprint density at radius 2 is 2.10 bits per heavy atom. The lowest BCUT2D eigenvalue weighted by Gasteiger charge is -2.17. The van der Waals surface area contributed by atoms with E-state index in [1.54, 1.807) is 12.3 Å². The number of aromatic nitrogens is 1. The molecule has 0 aliphatic rings. The zero-order chi connectivity index (χ0) is 15.2. The fourth-order valence-electron chi connectivity index (χ4n) is 1.91. The van der Waals surface area contributed by atoms with Gasteiger partial charge in [-0.3, -0.25) is 9.59 Å². The highest BCUT2D eigenvalue weighted by Gasteiger charge is 2.19. The van der Waals surface area contributed by atoms with E-state index in [0.29, 0.717) is 16.4 Å². The Morgan fingerprint density at radius 1 is 1.29 bits per heavy atom. The van der Waals surface area contributed by atoms with Gasteiger partial charge in [0.15, 0.2) is 5.13 Å². The predicted octanol–water partition coefficient (Wildman–Crippen LogP) is 2.99. The summed E-state index contributed by atoms with van der Waals surface area (Å²) in [7, 11) is 0. The summed E-state index contributed by atoms with van der Waals surface area (Å²) in [6.07, 6.45) is 2.23. The maximum atomic E-state index is 12.0. The Hall–Kier alpha value is -1.73. The molecule has 0 fully saturated rings. The Morgan fingerprint density at radius 3 is 2.71 bits per heavy atom. The minimum Gasteiger partial charge on any atom is -0.349 e. The van der Waals surface area contributed by atoms with Crippen molar-refractivity contribution in [1.29, 1.82) is 0 Å². The van der Waals surface area contributed by atoms with Gasteiger partial charge in [0.25, 0.3) is 5.91 Å². The van der Waals surface area contributed by atoms with Crippen LogP contribution in [0, 0.1) is 5.92 Å². The molecule has 112 valence electrons. The van der Waals surface area contributed by atoms with Crippen LogP contribution in [0.25, 0.3) is 0 Å². The van der Waals surface area contributed by atoms with Gasteiger partial charge < -0.3 is 10.6 Å². The van der Waals surface area contributed by atoms with Crippen molar-refractivity contribution in [1.82, 2.24) is 10.3 Å². The number of hydrogen-bond donors (Lipinski definition) is 2. The molecule has 2 rings (SSSR count). The number of thiazole rings is 1. The first kappa shape index (κ1) is 15.7. The van der Waals surface area contributed by atoms with Crippen molar-refractivity contribution >= 4 is 39.6 Å². The van der Waals surface area contributed by atoms with Crippen molar-refractivity contribution in [2.24, 2.45) is 5.92 Å². The molecule has 0 saturated carbocycles. The normalized spacial score (nSPS) is 13.4. The van der Waals surface area contributed by atoms with Crippen LogP contribution in [-0.2, 0) is 4.79 Å². The molecule has 2 atom stereocenters. The van der Waals surface area contributed by atoms with Crippen LogP contribution in [0.1, 0.15) is 29.9 Å². The molecule has 21 heavy (non-hydrogen) atoms. The monoisotopic (exact) mass is 323 g/mol. The minimum atomic E-state index is -0.201. The van der Waals surface area contributed by atoms with Crippen LogP contribution >= 0.6 is 22.7 Å². The van der Waals surface area contributed by atoms with E-state index in [2.05, 4.69) is 15.6 Å². The third-order valence-corrected chi connectivity index (χ3v) is 4.50. The summed E-state index contributed by atoms with van der Waals surface area (Å²) >= 11 is 2.79. The number of amides is 2. The van der Waals surface area contributed by atoms with Crippen LogP contribution < -0.4 is 10.6 Å². The van der Waals surface area contributed by atoms with E-state index >= 15 is 0 Å². The van der Waals surface area contributed by atoms with E-state index in [9.17, 15) is 9.59 Å². The summed E-state index contributed by atoms with van der Waals surface area (Å²) in [5, 5.41) is 9.94. The first-order valence-corrected chi connectivity index (χ1v) is 8.37. The van der Waals surface area contributed by atoms with Crippen LogP contribution in [0.15, 0.2) is 29.1 Å². The highest BCUT2D eigenvalue weighted by Crippen LogP contribution is 2.15. The number of hydrogen-bond acceptors (Lipinski definition) is 5. The number of anilines is 1. The third-order valence-electron chi connectivity index (χ3n) is 2.94. The van der Waals surface area contributed by atoms with Crippen molar-refractivity contribution in [3.8, 4) is 0 Å². The average Bonchev–Trinajstić information content (AvgIpc) is 3.11. The molecule has 0 saturated heterocycles. The molecule has 2 aromatic heterocycles. The Balaban J connectivity index is 1.80. The highest BCUT2D eigenvalue weighted by atomic mass is 32.1. The summed E-state index contributed by atoms with van der Waals surface area (Å²) < 4.78 is 0. The molecule has 0 unspecified atom stereocenters. The Labute approximate surface area is 131 Å². The van der Waals surface area contributed by atoms with E-state index in [0.717, 1.165) is 0 Å². The molecule has 7 heteroatoms. The van der Waals surface area contributed by atoms with E-state index in [-0.39, 0.29) is 23.8 Å². The third kappa shape index (κ3) is 4.64. The molecular weight excluding hydrogens is 306 g/mol. The fraction of sp³-hybridized carbons (Fsp3) is 0.357. The Kier molecular flexibility index (Phi) is 5.46. The zero-order valence-corrected chi connectivity index (χ0v) is 13.5. The quantitative estimate of drug-likeness (QED) is 0.858. The van der Waals surface area contributed by atoms with Crippen LogP contribution in [0.2, 0.25) is 0 Å². The lowest BCUT2D eigenvalue weighted by molar-refractivity contribution is -0.119. The van der Waals surface area contributed by atoms with Crippen molar-refractivity contribution in [3.63, 3.8) is 0 Å². The summed E-state index contributed by atoms with van der Waals surface area (Å²) in [6, 6.07) is 3.55. The number of carbonyl (C=O) groups excluding carboxylic acids is 2. The van der Waals surface area contributed by atoms with E-state index < -0.39 is 0 Å². The summed E-state index contributed by atoms with van der Waals surface area (Å²) in [4.78, 5) is 28.6. The van der Waals surface area contributed by atoms with Crippen LogP contribution in [0.3, 0.4) is 0 Å². The van der Waals surface area contributed by atoms with Crippen LogP contribution in [0.5, 0.6) is 0 Å². The van der Waals surface area contributed by atoms with Crippen molar-refractivity contribution < 1.29 is 9.59 Å². The van der Waals surface area contributed by atoms with Gasteiger partial charge in [-0.25, -0.2) is 4.98 Å². The molecule has 0 aromatic carbocycles. The minimum absolute atomic E-state index is 0.0726. The van der Waals surface area contributed by atoms with Gasteiger partial charge in [-0.05, 0) is 24.8 Å². The molecule has 2 aromatic rings. The summed E-state index contributed by atoms with van der Waals surface area (Å²) in [5.41, 5.74) is 0. The maximum Gasteiger partial charge on any atom is 0.261 e. The molecule has 2 amide bonds. The van der Waals surface area contributed by atoms with E-state index in [1.807, 2.05) is 30.7 Å². The van der Waals surface area contributed by atoms with Gasteiger partial charge in [0.2, 0.25) is 5.91 Å².